The molecule has 76 heavy (non-hydrogen) atoms. The van der Waals surface area contributed by atoms with Gasteiger partial charge in [-0.1, -0.05) is 157 Å². The van der Waals surface area contributed by atoms with Crippen LogP contribution in [-0.4, -0.2) is 0 Å². The molecule has 10 aromatic rings. The van der Waals surface area contributed by atoms with Crippen LogP contribution in [0.4, 0.5) is 56.9 Å². The van der Waals surface area contributed by atoms with Crippen molar-refractivity contribution in [3.05, 3.63) is 275 Å². The molecule has 0 aromatic heterocycles. The molecule has 0 amide bonds. The number of para-hydroxylation sites is 1. The van der Waals surface area contributed by atoms with E-state index in [-0.39, 0.29) is 0 Å². The number of aryl methyl sites for hydroxylation is 6. The molecular weight excluding hydrogens is 921 g/mol. The fourth-order valence-electron chi connectivity index (χ4n) is 11.2. The first-order valence-corrected chi connectivity index (χ1v) is 26.9. The predicted octanol–water partition coefficient (Wildman–Crippen LogP) is 20.5. The van der Waals surface area contributed by atoms with Crippen LogP contribution in [0.15, 0.2) is 242 Å². The van der Waals surface area contributed by atoms with E-state index in [1.54, 1.807) is 0 Å². The van der Waals surface area contributed by atoms with Gasteiger partial charge in [-0.2, -0.15) is 0 Å². The predicted molar refractivity (Wildman–Crippen MR) is 327 cm³/mol. The normalized spacial score (nSPS) is 14.3. The highest BCUT2D eigenvalue weighted by Gasteiger charge is 2.30. The molecule has 4 heteroatoms. The summed E-state index contributed by atoms with van der Waals surface area (Å²) in [7, 11) is 0. The van der Waals surface area contributed by atoms with Crippen molar-refractivity contribution in [3.8, 4) is 0 Å². The highest BCUT2D eigenvalue weighted by atomic mass is 15.2. The van der Waals surface area contributed by atoms with Crippen molar-refractivity contribution < 1.29 is 0 Å². The molecule has 1 unspecified atom stereocenters. The van der Waals surface area contributed by atoms with E-state index in [0.717, 1.165) is 75.4 Å². The Kier molecular flexibility index (Phi) is 12.7. The van der Waals surface area contributed by atoms with Gasteiger partial charge in [0.15, 0.2) is 0 Å². The smallest absolute Gasteiger partial charge is 0.0561 e. The van der Waals surface area contributed by atoms with Crippen molar-refractivity contribution in [3.63, 3.8) is 0 Å². The van der Waals surface area contributed by atoms with Crippen LogP contribution < -0.4 is 19.6 Å². The zero-order valence-corrected chi connectivity index (χ0v) is 44.7. The van der Waals surface area contributed by atoms with Crippen LogP contribution in [0.2, 0.25) is 0 Å². The molecule has 0 radical (unpaired) electrons. The fourth-order valence-corrected chi connectivity index (χ4v) is 11.2. The SMILES string of the molecule is Cc1ccc(N(C2=CC=CC(C)C=C2)c2cc(N(C3=CCCC=C3)c3ccc(C)c(C)c3)c3ccc4c(N(c5ccccc5)c5ccc(C)cc5)cc(N(c5ccc(C)cc5)c5ccc(C)cc5)c5ccc2c3c54)cc1. The van der Waals surface area contributed by atoms with Crippen molar-refractivity contribution in [2.24, 2.45) is 5.92 Å². The van der Waals surface area contributed by atoms with Crippen molar-refractivity contribution in [2.45, 2.75) is 61.3 Å². The van der Waals surface area contributed by atoms with Crippen molar-refractivity contribution >= 4 is 89.2 Å². The zero-order chi connectivity index (χ0) is 52.0. The lowest BCUT2D eigenvalue weighted by molar-refractivity contribution is 0.941. The average molecular weight is 985 g/mol. The van der Waals surface area contributed by atoms with Crippen LogP contribution in [0, 0.1) is 47.5 Å². The monoisotopic (exact) mass is 985 g/mol. The van der Waals surface area contributed by atoms with Crippen molar-refractivity contribution in [1.29, 1.82) is 0 Å². The van der Waals surface area contributed by atoms with Crippen LogP contribution in [0.1, 0.15) is 53.1 Å². The summed E-state index contributed by atoms with van der Waals surface area (Å²) in [5.74, 6) is 0.291. The third-order valence-electron chi connectivity index (χ3n) is 15.5. The lowest BCUT2D eigenvalue weighted by Gasteiger charge is -2.35. The summed E-state index contributed by atoms with van der Waals surface area (Å²) in [4.78, 5) is 9.96. The largest absolute Gasteiger partial charge is 0.310 e. The van der Waals surface area contributed by atoms with Crippen molar-refractivity contribution in [1.82, 2.24) is 0 Å². The fraction of sp³-hybridized carbons (Fsp3) is 0.139. The van der Waals surface area contributed by atoms with Crippen LogP contribution in [0.5, 0.6) is 0 Å². The lowest BCUT2D eigenvalue weighted by Crippen LogP contribution is -2.20. The lowest BCUT2D eigenvalue weighted by atomic mass is 9.89. The molecule has 0 N–H and O–H groups in total. The summed E-state index contributed by atoms with van der Waals surface area (Å²) in [5.41, 5.74) is 20.7. The summed E-state index contributed by atoms with van der Waals surface area (Å²) in [5, 5.41) is 7.10. The van der Waals surface area contributed by atoms with E-state index in [2.05, 4.69) is 299 Å². The molecule has 10 aromatic carbocycles. The highest BCUT2D eigenvalue weighted by Crippen LogP contribution is 2.54. The second kappa shape index (κ2) is 20.1. The van der Waals surface area contributed by atoms with Crippen LogP contribution in [0.3, 0.4) is 0 Å². The number of nitrogens with zero attached hydrogens (tertiary/aromatic N) is 4. The maximum atomic E-state index is 2.53. The average Bonchev–Trinajstić information content (AvgIpc) is 3.84. The van der Waals surface area contributed by atoms with E-state index in [4.69, 9.17) is 0 Å². The Morgan fingerprint density at radius 1 is 0.355 bits per heavy atom. The first-order valence-electron chi connectivity index (χ1n) is 26.9. The van der Waals surface area contributed by atoms with Gasteiger partial charge in [0.05, 0.1) is 22.7 Å². The van der Waals surface area contributed by atoms with Gasteiger partial charge in [-0.15, -0.1) is 0 Å². The summed E-state index contributed by atoms with van der Waals surface area (Å²) in [6.07, 6.45) is 20.5. The number of rotatable bonds is 12. The Hall–Kier alpha value is -8.86. The first kappa shape index (κ1) is 48.1. The molecule has 0 aliphatic heterocycles. The Bertz CT molecular complexity index is 3890. The minimum Gasteiger partial charge on any atom is -0.310 e. The van der Waals surface area contributed by atoms with E-state index in [0.29, 0.717) is 5.92 Å². The standard InChI is InChI=1S/C72H64N4/c1-48-15-14-20-57(31-21-48)74(59-34-24-50(3)25-35-59)68-47-70(76(56-18-12-9-13-19-56)62-40-30-53(6)54(7)45-62)66-44-43-63-67(73(55-16-10-8-11-17-55)58-32-22-49(2)23-33-58)46-69(65-42-41-64(68)72(66)71(63)65)75(60-36-26-51(4)27-37-60)61-38-28-52(5)29-39-61/h8,10-12,14-48H,9,13H2,1-7H3. The Balaban J connectivity index is 1.28. The Morgan fingerprint density at radius 2 is 0.776 bits per heavy atom. The quantitative estimate of drug-likeness (QED) is 0.113. The molecule has 0 spiro atoms. The van der Waals surface area contributed by atoms with Gasteiger partial charge in [0.2, 0.25) is 0 Å². The summed E-state index contributed by atoms with van der Waals surface area (Å²) in [6, 6.07) is 68.4. The number of anilines is 10. The van der Waals surface area contributed by atoms with Gasteiger partial charge in [0, 0.05) is 77.8 Å². The van der Waals surface area contributed by atoms with E-state index in [1.807, 2.05) is 0 Å². The van der Waals surface area contributed by atoms with Crippen LogP contribution in [0.25, 0.3) is 32.3 Å². The summed E-state index contributed by atoms with van der Waals surface area (Å²) in [6.45, 7) is 15.4. The second-order valence-corrected chi connectivity index (χ2v) is 21.0. The summed E-state index contributed by atoms with van der Waals surface area (Å²) >= 11 is 0. The number of benzene rings is 10. The Labute approximate surface area is 449 Å². The van der Waals surface area contributed by atoms with Gasteiger partial charge in [0.25, 0.3) is 0 Å². The maximum absolute atomic E-state index is 2.53. The van der Waals surface area contributed by atoms with E-state index in [1.165, 1.54) is 71.4 Å². The van der Waals surface area contributed by atoms with Crippen LogP contribution in [-0.2, 0) is 0 Å². The Morgan fingerprint density at radius 3 is 1.22 bits per heavy atom. The van der Waals surface area contributed by atoms with E-state index < -0.39 is 0 Å². The number of allylic oxidation sites excluding steroid dienone is 8. The number of hydrogen-bond acceptors (Lipinski definition) is 4. The minimum absolute atomic E-state index is 0.291. The van der Waals surface area contributed by atoms with E-state index >= 15 is 0 Å². The van der Waals surface area contributed by atoms with Crippen LogP contribution >= 0.6 is 0 Å². The van der Waals surface area contributed by atoms with Gasteiger partial charge in [-0.25, -0.2) is 0 Å². The second-order valence-electron chi connectivity index (χ2n) is 21.0. The highest BCUT2D eigenvalue weighted by molar-refractivity contribution is 6.32. The molecule has 0 bridgehead atoms. The molecule has 0 saturated heterocycles. The maximum Gasteiger partial charge on any atom is 0.0561 e. The van der Waals surface area contributed by atoms with Gasteiger partial charge >= 0.3 is 0 Å². The molecule has 2 aliphatic rings. The molecule has 12 rings (SSSR count). The molecule has 372 valence electrons. The van der Waals surface area contributed by atoms with Gasteiger partial charge in [0.1, 0.15) is 0 Å². The number of hydrogen-bond donors (Lipinski definition) is 0. The van der Waals surface area contributed by atoms with Crippen molar-refractivity contribution in [2.75, 3.05) is 19.6 Å². The molecule has 4 nitrogen and oxygen atoms in total. The van der Waals surface area contributed by atoms with Gasteiger partial charge in [-0.3, -0.25) is 0 Å². The molecule has 0 heterocycles. The minimum atomic E-state index is 0.291. The van der Waals surface area contributed by atoms with Gasteiger partial charge < -0.3 is 19.6 Å². The molecule has 0 saturated carbocycles. The first-order chi connectivity index (χ1) is 37.1. The molecule has 1 atom stereocenters. The van der Waals surface area contributed by atoms with E-state index in [9.17, 15) is 0 Å². The zero-order valence-electron chi connectivity index (χ0n) is 44.7. The topological polar surface area (TPSA) is 13.0 Å². The molecular formula is C72H64N4. The summed E-state index contributed by atoms with van der Waals surface area (Å²) < 4.78 is 0. The molecule has 2 aliphatic carbocycles. The third kappa shape index (κ3) is 8.94. The third-order valence-corrected chi connectivity index (χ3v) is 15.5. The molecule has 0 fully saturated rings. The van der Waals surface area contributed by atoms with Gasteiger partial charge in [-0.05, 0) is 175 Å².